The van der Waals surface area contributed by atoms with Crippen molar-refractivity contribution >= 4 is 9.84 Å². The van der Waals surface area contributed by atoms with Crippen LogP contribution in [0.4, 0.5) is 0 Å². The van der Waals surface area contributed by atoms with Crippen LogP contribution in [0.2, 0.25) is 0 Å². The number of hydrogen-bond acceptors (Lipinski definition) is 4. The standard InChI is InChI=1S/C6H14N2O2S/c1-5-3-11(9,10)4-6(2)8(5)7/h5-6H,3-4,7H2,1-2H3. The average molecular weight is 178 g/mol. The van der Waals surface area contributed by atoms with Crippen molar-refractivity contribution in [2.24, 2.45) is 5.84 Å². The molecule has 2 atom stereocenters. The highest BCUT2D eigenvalue weighted by Gasteiger charge is 2.31. The molecule has 2 N–H and O–H groups in total. The monoisotopic (exact) mass is 178 g/mol. The van der Waals surface area contributed by atoms with Gasteiger partial charge in [0.15, 0.2) is 9.84 Å². The van der Waals surface area contributed by atoms with Crippen LogP contribution in [-0.4, -0.2) is 37.0 Å². The first-order chi connectivity index (χ1) is 4.92. The maximum Gasteiger partial charge on any atom is 0.153 e. The molecular formula is C6H14N2O2S. The molecule has 0 aromatic carbocycles. The van der Waals surface area contributed by atoms with Gasteiger partial charge in [0.05, 0.1) is 11.5 Å². The van der Waals surface area contributed by atoms with Gasteiger partial charge in [0, 0.05) is 12.1 Å². The Balaban J connectivity index is 2.78. The van der Waals surface area contributed by atoms with Crippen LogP contribution in [0.1, 0.15) is 13.8 Å². The first kappa shape index (κ1) is 8.96. The highest BCUT2D eigenvalue weighted by Crippen LogP contribution is 2.12. The van der Waals surface area contributed by atoms with Crippen molar-refractivity contribution < 1.29 is 8.42 Å². The lowest BCUT2D eigenvalue weighted by Gasteiger charge is -2.34. The van der Waals surface area contributed by atoms with E-state index in [9.17, 15) is 8.42 Å². The lowest BCUT2D eigenvalue weighted by Crippen LogP contribution is -2.55. The zero-order valence-corrected chi connectivity index (χ0v) is 7.63. The van der Waals surface area contributed by atoms with E-state index in [0.717, 1.165) is 0 Å². The van der Waals surface area contributed by atoms with Gasteiger partial charge in [-0.2, -0.15) is 0 Å². The fraction of sp³-hybridized carbons (Fsp3) is 1.00. The fourth-order valence-corrected chi connectivity index (χ4v) is 3.36. The normalized spacial score (nSPS) is 38.8. The third-order valence-electron chi connectivity index (χ3n) is 2.01. The highest BCUT2D eigenvalue weighted by atomic mass is 32.2. The second-order valence-electron chi connectivity index (χ2n) is 3.22. The molecule has 0 aromatic rings. The third-order valence-corrected chi connectivity index (χ3v) is 3.99. The predicted octanol–water partition coefficient (Wildman–Crippen LogP) is -0.632. The number of nitrogens with zero attached hydrogens (tertiary/aromatic N) is 1. The second kappa shape index (κ2) is 2.73. The van der Waals surface area contributed by atoms with E-state index in [2.05, 4.69) is 0 Å². The number of sulfone groups is 1. The number of nitrogens with two attached hydrogens (primary N) is 1. The molecule has 0 saturated carbocycles. The molecule has 0 aliphatic carbocycles. The van der Waals surface area contributed by atoms with Crippen LogP contribution in [-0.2, 0) is 9.84 Å². The first-order valence-corrected chi connectivity index (χ1v) is 5.48. The van der Waals surface area contributed by atoms with Gasteiger partial charge in [-0.15, -0.1) is 0 Å². The van der Waals surface area contributed by atoms with Crippen LogP contribution >= 0.6 is 0 Å². The van der Waals surface area contributed by atoms with Crippen LogP contribution in [0.25, 0.3) is 0 Å². The summed E-state index contributed by atoms with van der Waals surface area (Å²) in [5.41, 5.74) is 0. The molecule has 1 fully saturated rings. The van der Waals surface area contributed by atoms with E-state index < -0.39 is 9.84 Å². The Bertz CT molecular complexity index is 219. The van der Waals surface area contributed by atoms with Crippen molar-refractivity contribution in [2.75, 3.05) is 11.5 Å². The molecule has 0 bridgehead atoms. The summed E-state index contributed by atoms with van der Waals surface area (Å²) in [6.07, 6.45) is 0. The minimum atomic E-state index is -2.84. The van der Waals surface area contributed by atoms with Gasteiger partial charge in [0.2, 0.25) is 0 Å². The van der Waals surface area contributed by atoms with Crippen molar-refractivity contribution in [2.45, 2.75) is 25.9 Å². The number of hydrogen-bond donors (Lipinski definition) is 1. The molecule has 1 heterocycles. The Labute approximate surface area is 67.3 Å². The van der Waals surface area contributed by atoms with Crippen LogP contribution < -0.4 is 5.84 Å². The van der Waals surface area contributed by atoms with E-state index in [1.54, 1.807) is 5.01 Å². The molecule has 1 rings (SSSR count). The summed E-state index contributed by atoms with van der Waals surface area (Å²) in [4.78, 5) is 0. The number of rotatable bonds is 0. The lowest BCUT2D eigenvalue weighted by atomic mass is 10.3. The van der Waals surface area contributed by atoms with E-state index in [1.165, 1.54) is 0 Å². The van der Waals surface area contributed by atoms with Gasteiger partial charge in [-0.3, -0.25) is 5.84 Å². The highest BCUT2D eigenvalue weighted by molar-refractivity contribution is 7.91. The summed E-state index contributed by atoms with van der Waals surface area (Å²) >= 11 is 0. The fourth-order valence-electron chi connectivity index (χ4n) is 1.41. The Kier molecular flexibility index (Phi) is 2.22. The van der Waals surface area contributed by atoms with Gasteiger partial charge in [0.25, 0.3) is 0 Å². The summed E-state index contributed by atoms with van der Waals surface area (Å²) < 4.78 is 22.3. The maximum atomic E-state index is 11.1. The Morgan fingerprint density at radius 1 is 1.27 bits per heavy atom. The summed E-state index contributed by atoms with van der Waals surface area (Å²) in [5.74, 6) is 5.99. The summed E-state index contributed by atoms with van der Waals surface area (Å²) in [6.45, 7) is 3.65. The Morgan fingerprint density at radius 3 is 2.00 bits per heavy atom. The maximum absolute atomic E-state index is 11.1. The average Bonchev–Trinajstić information content (AvgIpc) is 1.81. The second-order valence-corrected chi connectivity index (χ2v) is 5.38. The van der Waals surface area contributed by atoms with E-state index in [1.807, 2.05) is 13.8 Å². The summed E-state index contributed by atoms with van der Waals surface area (Å²) in [7, 11) is -2.84. The molecule has 0 aromatic heterocycles. The molecule has 0 amide bonds. The van der Waals surface area contributed by atoms with Crippen LogP contribution in [0.3, 0.4) is 0 Å². The minimum absolute atomic E-state index is 0.0521. The molecule has 5 heteroatoms. The first-order valence-electron chi connectivity index (χ1n) is 3.66. The molecule has 11 heavy (non-hydrogen) atoms. The van der Waals surface area contributed by atoms with Crippen molar-refractivity contribution in [1.29, 1.82) is 0 Å². The predicted molar refractivity (Wildman–Crippen MR) is 43.6 cm³/mol. The third kappa shape index (κ3) is 1.91. The smallest absolute Gasteiger partial charge is 0.153 e. The molecule has 1 aliphatic rings. The lowest BCUT2D eigenvalue weighted by molar-refractivity contribution is 0.172. The SMILES string of the molecule is CC1CS(=O)(=O)CC(C)N1N. The van der Waals surface area contributed by atoms with Crippen molar-refractivity contribution in [3.05, 3.63) is 0 Å². The van der Waals surface area contributed by atoms with Crippen molar-refractivity contribution in [3.63, 3.8) is 0 Å². The van der Waals surface area contributed by atoms with Gasteiger partial charge in [-0.1, -0.05) is 0 Å². The van der Waals surface area contributed by atoms with E-state index in [0.29, 0.717) is 0 Å². The zero-order chi connectivity index (χ0) is 8.65. The van der Waals surface area contributed by atoms with Gasteiger partial charge in [0.1, 0.15) is 0 Å². The van der Waals surface area contributed by atoms with Gasteiger partial charge in [-0.05, 0) is 13.8 Å². The van der Waals surface area contributed by atoms with Gasteiger partial charge >= 0.3 is 0 Å². The topological polar surface area (TPSA) is 63.4 Å². The van der Waals surface area contributed by atoms with Crippen LogP contribution in [0.15, 0.2) is 0 Å². The quantitative estimate of drug-likeness (QED) is 0.501. The Morgan fingerprint density at radius 2 is 1.64 bits per heavy atom. The van der Waals surface area contributed by atoms with E-state index >= 15 is 0 Å². The molecular weight excluding hydrogens is 164 g/mol. The molecule has 0 spiro atoms. The van der Waals surface area contributed by atoms with Crippen molar-refractivity contribution in [1.82, 2.24) is 5.01 Å². The summed E-state index contributed by atoms with van der Waals surface area (Å²) in [6, 6.07) is -0.104. The Hall–Kier alpha value is -0.130. The zero-order valence-electron chi connectivity index (χ0n) is 6.82. The minimum Gasteiger partial charge on any atom is -0.268 e. The molecule has 2 unspecified atom stereocenters. The van der Waals surface area contributed by atoms with Crippen LogP contribution in [0, 0.1) is 0 Å². The van der Waals surface area contributed by atoms with Crippen LogP contribution in [0.5, 0.6) is 0 Å². The van der Waals surface area contributed by atoms with E-state index in [4.69, 9.17) is 5.84 Å². The molecule has 0 radical (unpaired) electrons. The molecule has 66 valence electrons. The van der Waals surface area contributed by atoms with Gasteiger partial charge < -0.3 is 0 Å². The molecule has 1 saturated heterocycles. The molecule has 4 nitrogen and oxygen atoms in total. The van der Waals surface area contributed by atoms with Crippen molar-refractivity contribution in [3.8, 4) is 0 Å². The molecule has 1 aliphatic heterocycles. The number of hydrazine groups is 1. The van der Waals surface area contributed by atoms with E-state index in [-0.39, 0.29) is 23.6 Å². The largest absolute Gasteiger partial charge is 0.268 e. The summed E-state index contributed by atoms with van der Waals surface area (Å²) in [5, 5.41) is 1.61. The van der Waals surface area contributed by atoms with Gasteiger partial charge in [-0.25, -0.2) is 13.4 Å².